The number of hydrogen-bond donors (Lipinski definition) is 1. The van der Waals surface area contributed by atoms with E-state index in [-0.39, 0.29) is 5.41 Å². The highest BCUT2D eigenvalue weighted by Crippen LogP contribution is 2.21. The summed E-state index contributed by atoms with van der Waals surface area (Å²) < 4.78 is 0. The van der Waals surface area contributed by atoms with Crippen LogP contribution in [-0.4, -0.2) is 37.0 Å². The topological polar surface area (TPSA) is 32.3 Å². The molecule has 1 aliphatic heterocycles. The van der Waals surface area contributed by atoms with E-state index in [2.05, 4.69) is 17.1 Å². The molecule has 0 radical (unpaired) electrons. The first-order valence-corrected chi connectivity index (χ1v) is 6.95. The largest absolute Gasteiger partial charge is 0.342 e. The average molecular weight is 240 g/mol. The van der Waals surface area contributed by atoms with Gasteiger partial charge in [0.25, 0.3) is 0 Å². The molecule has 3 nitrogen and oxygen atoms in total. The highest BCUT2D eigenvalue weighted by molar-refractivity contribution is 5.81. The third kappa shape index (κ3) is 4.66. The van der Waals surface area contributed by atoms with Crippen LogP contribution in [0.1, 0.15) is 47.0 Å². The Hall–Kier alpha value is -0.570. The van der Waals surface area contributed by atoms with Crippen molar-refractivity contribution in [3.63, 3.8) is 0 Å². The lowest BCUT2D eigenvalue weighted by atomic mass is 9.92. The van der Waals surface area contributed by atoms with Crippen LogP contribution in [0, 0.1) is 11.3 Å². The molecule has 0 spiro atoms. The monoisotopic (exact) mass is 240 g/mol. The molecular formula is C14H28N2O. The van der Waals surface area contributed by atoms with Crippen molar-refractivity contribution in [1.82, 2.24) is 10.2 Å². The number of piperidine rings is 1. The molecule has 1 saturated heterocycles. The minimum atomic E-state index is -0.248. The molecule has 100 valence electrons. The van der Waals surface area contributed by atoms with Gasteiger partial charge in [-0.2, -0.15) is 0 Å². The molecule has 1 aliphatic rings. The summed E-state index contributed by atoms with van der Waals surface area (Å²) in [6.45, 7) is 12.3. The smallest absolute Gasteiger partial charge is 0.227 e. The van der Waals surface area contributed by atoms with Crippen LogP contribution in [0.5, 0.6) is 0 Å². The van der Waals surface area contributed by atoms with Gasteiger partial charge in [-0.05, 0) is 38.3 Å². The molecule has 1 rings (SSSR count). The third-order valence-corrected chi connectivity index (χ3v) is 3.36. The number of amides is 1. The van der Waals surface area contributed by atoms with Crippen molar-refractivity contribution in [2.24, 2.45) is 11.3 Å². The fourth-order valence-corrected chi connectivity index (χ4v) is 2.40. The van der Waals surface area contributed by atoms with Crippen LogP contribution in [0.25, 0.3) is 0 Å². The third-order valence-electron chi connectivity index (χ3n) is 3.36. The van der Waals surface area contributed by atoms with Crippen molar-refractivity contribution in [3.05, 3.63) is 0 Å². The van der Waals surface area contributed by atoms with Crippen molar-refractivity contribution in [2.75, 3.05) is 26.2 Å². The van der Waals surface area contributed by atoms with E-state index in [0.29, 0.717) is 11.8 Å². The lowest BCUT2D eigenvalue weighted by molar-refractivity contribution is -0.140. The maximum Gasteiger partial charge on any atom is 0.227 e. The second-order valence-corrected chi connectivity index (χ2v) is 6.19. The predicted molar refractivity (Wildman–Crippen MR) is 71.9 cm³/mol. The van der Waals surface area contributed by atoms with Crippen LogP contribution in [0.2, 0.25) is 0 Å². The van der Waals surface area contributed by atoms with E-state index < -0.39 is 0 Å². The second kappa shape index (κ2) is 6.39. The van der Waals surface area contributed by atoms with E-state index in [1.54, 1.807) is 0 Å². The Labute approximate surface area is 106 Å². The standard InChI is InChI=1S/C14H28N2O/c1-5-10-16(13(17)14(2,3)4)11-12-6-8-15-9-7-12/h12,15H,5-11H2,1-4H3. The average Bonchev–Trinajstić information content (AvgIpc) is 2.28. The van der Waals surface area contributed by atoms with Crippen LogP contribution in [0.4, 0.5) is 0 Å². The molecule has 0 aliphatic carbocycles. The highest BCUT2D eigenvalue weighted by Gasteiger charge is 2.28. The lowest BCUT2D eigenvalue weighted by Crippen LogP contribution is -2.44. The molecule has 17 heavy (non-hydrogen) atoms. The number of nitrogens with zero attached hydrogens (tertiary/aromatic N) is 1. The molecule has 0 unspecified atom stereocenters. The van der Waals surface area contributed by atoms with Gasteiger partial charge >= 0.3 is 0 Å². The Balaban J connectivity index is 2.55. The zero-order chi connectivity index (χ0) is 12.9. The molecule has 3 heteroatoms. The van der Waals surface area contributed by atoms with E-state index in [9.17, 15) is 4.79 Å². The van der Waals surface area contributed by atoms with E-state index in [4.69, 9.17) is 0 Å². The summed E-state index contributed by atoms with van der Waals surface area (Å²) in [5, 5.41) is 3.38. The highest BCUT2D eigenvalue weighted by atomic mass is 16.2. The minimum Gasteiger partial charge on any atom is -0.342 e. The van der Waals surface area contributed by atoms with Gasteiger partial charge in [0.2, 0.25) is 5.91 Å². The maximum atomic E-state index is 12.3. The van der Waals surface area contributed by atoms with Crippen LogP contribution >= 0.6 is 0 Å². The summed E-state index contributed by atoms with van der Waals surface area (Å²) in [5.74, 6) is 0.993. The van der Waals surface area contributed by atoms with Crippen molar-refractivity contribution in [1.29, 1.82) is 0 Å². The summed E-state index contributed by atoms with van der Waals surface area (Å²) >= 11 is 0. The Kier molecular flexibility index (Phi) is 5.44. The summed E-state index contributed by atoms with van der Waals surface area (Å²) in [6, 6.07) is 0. The SMILES string of the molecule is CCCN(CC1CCNCC1)C(=O)C(C)(C)C. The fourth-order valence-electron chi connectivity index (χ4n) is 2.40. The van der Waals surface area contributed by atoms with E-state index in [0.717, 1.165) is 32.6 Å². The fraction of sp³-hybridized carbons (Fsp3) is 0.929. The molecule has 0 aromatic rings. The van der Waals surface area contributed by atoms with Crippen molar-refractivity contribution < 1.29 is 4.79 Å². The van der Waals surface area contributed by atoms with Gasteiger partial charge in [-0.25, -0.2) is 0 Å². The summed E-state index contributed by atoms with van der Waals surface area (Å²) in [4.78, 5) is 14.4. The predicted octanol–water partition coefficient (Wildman–Crippen LogP) is 2.27. The van der Waals surface area contributed by atoms with Crippen LogP contribution in [0.3, 0.4) is 0 Å². The first kappa shape index (κ1) is 14.5. The molecule has 1 heterocycles. The Morgan fingerprint density at radius 2 is 1.88 bits per heavy atom. The van der Waals surface area contributed by atoms with Gasteiger partial charge in [-0.15, -0.1) is 0 Å². The molecular weight excluding hydrogens is 212 g/mol. The van der Waals surface area contributed by atoms with Crippen LogP contribution in [-0.2, 0) is 4.79 Å². The summed E-state index contributed by atoms with van der Waals surface area (Å²) in [6.07, 6.45) is 3.46. The van der Waals surface area contributed by atoms with Crippen LogP contribution in [0.15, 0.2) is 0 Å². The number of carbonyl (C=O) groups excluding carboxylic acids is 1. The van der Waals surface area contributed by atoms with E-state index in [1.807, 2.05) is 20.8 Å². The molecule has 1 amide bonds. The molecule has 1 N–H and O–H groups in total. The quantitative estimate of drug-likeness (QED) is 0.817. The maximum absolute atomic E-state index is 12.3. The first-order chi connectivity index (χ1) is 7.95. The van der Waals surface area contributed by atoms with Gasteiger partial charge in [0.15, 0.2) is 0 Å². The first-order valence-electron chi connectivity index (χ1n) is 6.95. The molecule has 0 atom stereocenters. The molecule has 0 bridgehead atoms. The number of carbonyl (C=O) groups is 1. The van der Waals surface area contributed by atoms with E-state index >= 15 is 0 Å². The molecule has 0 saturated carbocycles. The van der Waals surface area contributed by atoms with Crippen molar-refractivity contribution in [3.8, 4) is 0 Å². The van der Waals surface area contributed by atoms with Crippen molar-refractivity contribution >= 4 is 5.91 Å². The lowest BCUT2D eigenvalue weighted by Gasteiger charge is -2.33. The normalized spacial score (nSPS) is 18.1. The molecule has 1 fully saturated rings. The number of rotatable bonds is 4. The summed E-state index contributed by atoms with van der Waals surface area (Å²) in [7, 11) is 0. The van der Waals surface area contributed by atoms with Gasteiger partial charge in [-0.3, -0.25) is 4.79 Å². The van der Waals surface area contributed by atoms with Gasteiger partial charge in [0.05, 0.1) is 0 Å². The van der Waals surface area contributed by atoms with Crippen LogP contribution < -0.4 is 5.32 Å². The molecule has 0 aromatic heterocycles. The van der Waals surface area contributed by atoms with E-state index in [1.165, 1.54) is 12.8 Å². The van der Waals surface area contributed by atoms with Gasteiger partial charge in [-0.1, -0.05) is 27.7 Å². The minimum absolute atomic E-state index is 0.248. The Morgan fingerprint density at radius 1 is 1.29 bits per heavy atom. The molecule has 0 aromatic carbocycles. The zero-order valence-corrected chi connectivity index (χ0v) is 11.9. The van der Waals surface area contributed by atoms with Gasteiger partial charge in [0, 0.05) is 18.5 Å². The Bertz CT molecular complexity index is 239. The zero-order valence-electron chi connectivity index (χ0n) is 11.9. The number of hydrogen-bond acceptors (Lipinski definition) is 2. The van der Waals surface area contributed by atoms with Crippen molar-refractivity contribution in [2.45, 2.75) is 47.0 Å². The van der Waals surface area contributed by atoms with Gasteiger partial charge < -0.3 is 10.2 Å². The number of nitrogens with one attached hydrogen (secondary N) is 1. The van der Waals surface area contributed by atoms with Gasteiger partial charge in [0.1, 0.15) is 0 Å². The Morgan fingerprint density at radius 3 is 2.35 bits per heavy atom. The second-order valence-electron chi connectivity index (χ2n) is 6.19. The summed E-state index contributed by atoms with van der Waals surface area (Å²) in [5.41, 5.74) is -0.248.